The fourth-order valence-corrected chi connectivity index (χ4v) is 1.22. The number of rotatable bonds is 4. The third-order valence-electron chi connectivity index (χ3n) is 1.85. The third-order valence-corrected chi connectivity index (χ3v) is 1.85. The molecule has 0 saturated carbocycles. The lowest BCUT2D eigenvalue weighted by Crippen LogP contribution is -2.31. The Labute approximate surface area is 98.5 Å². The number of hydrogen-bond acceptors (Lipinski definition) is 5. The number of aliphatic carboxylic acids is 1. The molecule has 1 rings (SSSR count). The van der Waals surface area contributed by atoms with Gasteiger partial charge in [0.05, 0.1) is 6.54 Å². The number of aryl methyl sites for hydroxylation is 1. The molecule has 0 spiro atoms. The summed E-state index contributed by atoms with van der Waals surface area (Å²) in [5.41, 5.74) is 0.763. The first-order valence-corrected chi connectivity index (χ1v) is 4.72. The maximum absolute atomic E-state index is 10.7. The molecule has 0 radical (unpaired) electrons. The number of terminal acetylenes is 1. The van der Waals surface area contributed by atoms with Crippen LogP contribution >= 0.6 is 0 Å². The van der Waals surface area contributed by atoms with Gasteiger partial charge in [0, 0.05) is 5.69 Å². The highest BCUT2D eigenvalue weighted by molar-refractivity contribution is 5.72. The Kier molecular flexibility index (Phi) is 4.02. The molecular weight excluding hydrogens is 220 g/mol. The van der Waals surface area contributed by atoms with Crippen molar-refractivity contribution >= 4 is 11.9 Å². The fraction of sp³-hybridized carbons (Fsp3) is 0.273. The first kappa shape index (κ1) is 12.5. The quantitative estimate of drug-likeness (QED) is 0.742. The Bertz CT molecular complexity index is 513. The number of hydrogen-bond donors (Lipinski definition) is 1. The molecule has 1 heterocycles. The van der Waals surface area contributed by atoms with Crippen molar-refractivity contribution in [1.29, 1.82) is 5.26 Å². The Balaban J connectivity index is 3.10. The Hall–Kier alpha value is -2.60. The molecule has 0 aliphatic carbocycles. The summed E-state index contributed by atoms with van der Waals surface area (Å²) in [6.07, 6.45) is 5.15. The second kappa shape index (κ2) is 5.47. The summed E-state index contributed by atoms with van der Waals surface area (Å²) in [6.45, 7) is 1.46. The molecule has 0 aliphatic heterocycles. The maximum atomic E-state index is 10.7. The van der Waals surface area contributed by atoms with Crippen LogP contribution < -0.4 is 4.90 Å². The molecule has 17 heavy (non-hydrogen) atoms. The number of aromatic nitrogens is 2. The third kappa shape index (κ3) is 3.47. The summed E-state index contributed by atoms with van der Waals surface area (Å²) in [6, 6.07) is 3.39. The first-order valence-electron chi connectivity index (χ1n) is 4.72. The van der Waals surface area contributed by atoms with Gasteiger partial charge in [0.25, 0.3) is 0 Å². The number of anilines is 1. The van der Waals surface area contributed by atoms with Crippen molar-refractivity contribution in [3.8, 4) is 18.4 Å². The van der Waals surface area contributed by atoms with Crippen LogP contribution in [-0.2, 0) is 4.79 Å². The van der Waals surface area contributed by atoms with Crippen LogP contribution in [0, 0.1) is 30.6 Å². The number of nitrogens with zero attached hydrogens (tertiary/aromatic N) is 4. The van der Waals surface area contributed by atoms with Gasteiger partial charge in [-0.1, -0.05) is 5.92 Å². The molecule has 0 aromatic carbocycles. The Morgan fingerprint density at radius 1 is 1.65 bits per heavy atom. The zero-order valence-electron chi connectivity index (χ0n) is 9.21. The van der Waals surface area contributed by atoms with Gasteiger partial charge >= 0.3 is 5.97 Å². The second-order valence-electron chi connectivity index (χ2n) is 3.26. The van der Waals surface area contributed by atoms with Gasteiger partial charge in [-0.2, -0.15) is 5.26 Å². The van der Waals surface area contributed by atoms with Crippen LogP contribution in [-0.4, -0.2) is 34.1 Å². The van der Waals surface area contributed by atoms with Crippen LogP contribution in [0.5, 0.6) is 0 Å². The molecule has 0 bridgehead atoms. The van der Waals surface area contributed by atoms with E-state index in [-0.39, 0.29) is 24.7 Å². The topological polar surface area (TPSA) is 90.1 Å². The lowest BCUT2D eigenvalue weighted by atomic mass is 10.3. The highest BCUT2D eigenvalue weighted by Gasteiger charge is 2.13. The van der Waals surface area contributed by atoms with Gasteiger partial charge in [-0.05, 0) is 13.0 Å². The molecule has 0 fully saturated rings. The van der Waals surface area contributed by atoms with Crippen molar-refractivity contribution in [2.24, 2.45) is 0 Å². The highest BCUT2D eigenvalue weighted by atomic mass is 16.4. The summed E-state index contributed by atoms with van der Waals surface area (Å²) in [5, 5.41) is 17.5. The number of carboxylic acids is 1. The van der Waals surface area contributed by atoms with Gasteiger partial charge in [0.2, 0.25) is 5.95 Å². The highest BCUT2D eigenvalue weighted by Crippen LogP contribution is 2.09. The predicted octanol–water partition coefficient (Wildman–Crippen LogP) is 0.181. The molecule has 0 unspecified atom stereocenters. The SMILES string of the molecule is C#CCN(CC(=O)O)c1nc(C)cc(C#N)n1. The molecule has 1 N–H and O–H groups in total. The van der Waals surface area contributed by atoms with Crippen molar-refractivity contribution in [3.63, 3.8) is 0 Å². The van der Waals surface area contributed by atoms with E-state index in [1.54, 1.807) is 6.92 Å². The average Bonchev–Trinajstić information content (AvgIpc) is 2.27. The van der Waals surface area contributed by atoms with E-state index < -0.39 is 5.97 Å². The molecule has 0 aliphatic rings. The molecule has 1 aromatic rings. The van der Waals surface area contributed by atoms with Crippen LogP contribution in [0.4, 0.5) is 5.95 Å². The van der Waals surface area contributed by atoms with E-state index in [4.69, 9.17) is 16.8 Å². The van der Waals surface area contributed by atoms with Crippen LogP contribution in [0.1, 0.15) is 11.4 Å². The molecule has 6 heteroatoms. The zero-order chi connectivity index (χ0) is 12.8. The standard InChI is InChI=1S/C11H10N4O2/c1-3-4-15(7-10(16)17)11-13-8(2)5-9(6-12)14-11/h1,5H,4,7H2,2H3,(H,16,17). The second-order valence-corrected chi connectivity index (χ2v) is 3.26. The Morgan fingerprint density at radius 2 is 2.35 bits per heavy atom. The van der Waals surface area contributed by atoms with E-state index in [1.807, 2.05) is 6.07 Å². The molecular formula is C11H10N4O2. The van der Waals surface area contributed by atoms with E-state index in [2.05, 4.69) is 15.9 Å². The largest absolute Gasteiger partial charge is 0.480 e. The summed E-state index contributed by atoms with van der Waals surface area (Å²) >= 11 is 0. The minimum absolute atomic E-state index is 0.0701. The number of carboxylic acid groups (broad SMARTS) is 1. The van der Waals surface area contributed by atoms with E-state index in [1.165, 1.54) is 11.0 Å². The fourth-order valence-electron chi connectivity index (χ4n) is 1.22. The van der Waals surface area contributed by atoms with Gasteiger partial charge in [-0.25, -0.2) is 9.97 Å². The maximum Gasteiger partial charge on any atom is 0.323 e. The van der Waals surface area contributed by atoms with Gasteiger partial charge in [-0.15, -0.1) is 6.42 Å². The van der Waals surface area contributed by atoms with Crippen LogP contribution in [0.3, 0.4) is 0 Å². The number of carbonyl (C=O) groups is 1. The van der Waals surface area contributed by atoms with Gasteiger partial charge in [0.15, 0.2) is 0 Å². The van der Waals surface area contributed by atoms with E-state index >= 15 is 0 Å². The molecule has 0 saturated heterocycles. The average molecular weight is 230 g/mol. The molecule has 0 atom stereocenters. The van der Waals surface area contributed by atoms with Crippen molar-refractivity contribution in [3.05, 3.63) is 17.5 Å². The lowest BCUT2D eigenvalue weighted by molar-refractivity contribution is -0.135. The molecule has 86 valence electrons. The summed E-state index contributed by atoms with van der Waals surface area (Å²) in [4.78, 5) is 20.0. The van der Waals surface area contributed by atoms with Crippen LogP contribution in [0.2, 0.25) is 0 Å². The summed E-state index contributed by atoms with van der Waals surface area (Å²) in [5.74, 6) is 1.44. The Morgan fingerprint density at radius 3 is 2.88 bits per heavy atom. The van der Waals surface area contributed by atoms with Gasteiger partial charge < -0.3 is 10.0 Å². The normalized spacial score (nSPS) is 9.12. The minimum atomic E-state index is -1.04. The molecule has 0 amide bonds. The smallest absolute Gasteiger partial charge is 0.323 e. The van der Waals surface area contributed by atoms with E-state index in [9.17, 15) is 4.79 Å². The lowest BCUT2D eigenvalue weighted by Gasteiger charge is -2.17. The van der Waals surface area contributed by atoms with Crippen molar-refractivity contribution in [2.75, 3.05) is 18.0 Å². The van der Waals surface area contributed by atoms with Crippen molar-refractivity contribution < 1.29 is 9.90 Å². The minimum Gasteiger partial charge on any atom is -0.480 e. The number of nitriles is 1. The first-order chi connectivity index (χ1) is 8.06. The molecule has 6 nitrogen and oxygen atoms in total. The summed E-state index contributed by atoms with van der Waals surface area (Å²) in [7, 11) is 0. The molecule has 1 aromatic heterocycles. The van der Waals surface area contributed by atoms with Crippen molar-refractivity contribution in [1.82, 2.24) is 9.97 Å². The van der Waals surface area contributed by atoms with E-state index in [0.29, 0.717) is 5.69 Å². The van der Waals surface area contributed by atoms with Crippen molar-refractivity contribution in [2.45, 2.75) is 6.92 Å². The van der Waals surface area contributed by atoms with Gasteiger partial charge in [0.1, 0.15) is 18.3 Å². The monoisotopic (exact) mass is 230 g/mol. The van der Waals surface area contributed by atoms with Crippen LogP contribution in [0.25, 0.3) is 0 Å². The zero-order valence-corrected chi connectivity index (χ0v) is 9.21. The van der Waals surface area contributed by atoms with Gasteiger partial charge in [-0.3, -0.25) is 4.79 Å². The van der Waals surface area contributed by atoms with Crippen LogP contribution in [0.15, 0.2) is 6.07 Å². The predicted molar refractivity (Wildman–Crippen MR) is 60.2 cm³/mol. The summed E-state index contributed by atoms with van der Waals surface area (Å²) < 4.78 is 0. The van der Waals surface area contributed by atoms with E-state index in [0.717, 1.165) is 0 Å².